The summed E-state index contributed by atoms with van der Waals surface area (Å²) in [6.45, 7) is 2.00. The molecule has 4 rings (SSSR count). The molecule has 0 aliphatic heterocycles. The van der Waals surface area contributed by atoms with Crippen LogP contribution < -0.4 is 16.2 Å². The Bertz CT molecular complexity index is 1150. The molecule has 4 aromatic rings. The summed E-state index contributed by atoms with van der Waals surface area (Å²) in [6.07, 6.45) is 0. The SMILES string of the molecule is Cc1cccc(NC(=S)NNC(=O)c2ccc(-c3nc4ccccc4s3)cc2)c1. The highest BCUT2D eigenvalue weighted by Gasteiger charge is 2.09. The van der Waals surface area contributed by atoms with Gasteiger partial charge in [-0.2, -0.15) is 0 Å². The van der Waals surface area contributed by atoms with Gasteiger partial charge in [0, 0.05) is 16.8 Å². The Hall–Kier alpha value is -3.29. The number of rotatable bonds is 3. The smallest absolute Gasteiger partial charge is 0.269 e. The molecule has 3 aromatic carbocycles. The van der Waals surface area contributed by atoms with Crippen molar-refractivity contribution >= 4 is 50.5 Å². The quantitative estimate of drug-likeness (QED) is 0.326. The summed E-state index contributed by atoms with van der Waals surface area (Å²) in [5.74, 6) is -0.269. The molecular weight excluding hydrogens is 400 g/mol. The molecule has 0 saturated carbocycles. The topological polar surface area (TPSA) is 66.0 Å². The summed E-state index contributed by atoms with van der Waals surface area (Å²) in [4.78, 5) is 17.0. The number of nitrogens with one attached hydrogen (secondary N) is 3. The Morgan fingerprint density at radius 2 is 1.76 bits per heavy atom. The molecular formula is C22H18N4OS2. The Morgan fingerprint density at radius 1 is 0.966 bits per heavy atom. The van der Waals surface area contributed by atoms with Gasteiger partial charge in [-0.1, -0.05) is 36.4 Å². The van der Waals surface area contributed by atoms with Crippen LogP contribution in [0.15, 0.2) is 72.8 Å². The number of carbonyl (C=O) groups excluding carboxylic acids is 1. The van der Waals surface area contributed by atoms with Gasteiger partial charge in [0.1, 0.15) is 5.01 Å². The fraction of sp³-hybridized carbons (Fsp3) is 0.0455. The van der Waals surface area contributed by atoms with E-state index in [-0.39, 0.29) is 5.91 Å². The van der Waals surface area contributed by atoms with E-state index in [0.717, 1.165) is 32.0 Å². The lowest BCUT2D eigenvalue weighted by Gasteiger charge is -2.12. The van der Waals surface area contributed by atoms with E-state index in [0.29, 0.717) is 10.7 Å². The second kappa shape index (κ2) is 8.38. The van der Waals surface area contributed by atoms with E-state index in [9.17, 15) is 4.79 Å². The van der Waals surface area contributed by atoms with Crippen LogP contribution in [0.4, 0.5) is 5.69 Å². The predicted octanol–water partition coefficient (Wildman–Crippen LogP) is 4.90. The number of hydrazine groups is 1. The van der Waals surface area contributed by atoms with Gasteiger partial charge in [0.25, 0.3) is 5.91 Å². The van der Waals surface area contributed by atoms with E-state index in [2.05, 4.69) is 27.2 Å². The Balaban J connectivity index is 1.37. The van der Waals surface area contributed by atoms with Crippen molar-refractivity contribution in [3.63, 3.8) is 0 Å². The summed E-state index contributed by atoms with van der Waals surface area (Å²) in [6, 6.07) is 23.2. The third-order valence-electron chi connectivity index (χ3n) is 4.25. The minimum atomic E-state index is -0.269. The number of para-hydroxylation sites is 1. The average Bonchev–Trinajstić information content (AvgIpc) is 3.16. The maximum Gasteiger partial charge on any atom is 0.269 e. The van der Waals surface area contributed by atoms with Crippen LogP contribution in [0.3, 0.4) is 0 Å². The van der Waals surface area contributed by atoms with Crippen LogP contribution in [-0.2, 0) is 0 Å². The Kier molecular flexibility index (Phi) is 5.50. The lowest BCUT2D eigenvalue weighted by Crippen LogP contribution is -2.43. The second-order valence-corrected chi connectivity index (χ2v) is 7.91. The van der Waals surface area contributed by atoms with Crippen LogP contribution in [-0.4, -0.2) is 16.0 Å². The molecule has 0 bridgehead atoms. The lowest BCUT2D eigenvalue weighted by atomic mass is 10.1. The van der Waals surface area contributed by atoms with Crippen LogP contribution in [0.25, 0.3) is 20.8 Å². The Labute approximate surface area is 177 Å². The van der Waals surface area contributed by atoms with Gasteiger partial charge in [0.2, 0.25) is 0 Å². The van der Waals surface area contributed by atoms with Gasteiger partial charge in [-0.15, -0.1) is 11.3 Å². The average molecular weight is 419 g/mol. The van der Waals surface area contributed by atoms with Crippen LogP contribution >= 0.6 is 23.6 Å². The van der Waals surface area contributed by atoms with Gasteiger partial charge < -0.3 is 5.32 Å². The van der Waals surface area contributed by atoms with Crippen molar-refractivity contribution in [2.45, 2.75) is 6.92 Å². The minimum absolute atomic E-state index is 0.269. The lowest BCUT2D eigenvalue weighted by molar-refractivity contribution is 0.0944. The molecule has 1 amide bonds. The normalized spacial score (nSPS) is 10.5. The van der Waals surface area contributed by atoms with Crippen molar-refractivity contribution in [3.05, 3.63) is 83.9 Å². The van der Waals surface area contributed by atoms with Crippen molar-refractivity contribution < 1.29 is 4.79 Å². The third kappa shape index (κ3) is 4.59. The first kappa shape index (κ1) is 19.0. The first-order valence-corrected chi connectivity index (χ1v) is 10.2. The second-order valence-electron chi connectivity index (χ2n) is 6.47. The van der Waals surface area contributed by atoms with Gasteiger partial charge in [-0.05, 0) is 61.1 Å². The van der Waals surface area contributed by atoms with Crippen molar-refractivity contribution in [2.75, 3.05) is 5.32 Å². The fourth-order valence-corrected chi connectivity index (χ4v) is 3.97. The number of fused-ring (bicyclic) bond motifs is 1. The minimum Gasteiger partial charge on any atom is -0.331 e. The molecule has 0 aliphatic carbocycles. The molecule has 0 atom stereocenters. The molecule has 1 heterocycles. The maximum atomic E-state index is 12.4. The number of hydrogen-bond acceptors (Lipinski definition) is 4. The van der Waals surface area contributed by atoms with Gasteiger partial charge >= 0.3 is 0 Å². The molecule has 1 aromatic heterocycles. The van der Waals surface area contributed by atoms with E-state index >= 15 is 0 Å². The monoisotopic (exact) mass is 418 g/mol. The highest BCUT2D eigenvalue weighted by molar-refractivity contribution is 7.80. The number of aromatic nitrogens is 1. The van der Waals surface area contributed by atoms with Crippen LogP contribution in [0.1, 0.15) is 15.9 Å². The number of nitrogens with zero attached hydrogens (tertiary/aromatic N) is 1. The van der Waals surface area contributed by atoms with E-state index in [1.165, 1.54) is 0 Å². The fourth-order valence-electron chi connectivity index (χ4n) is 2.83. The van der Waals surface area contributed by atoms with Crippen molar-refractivity contribution in [1.29, 1.82) is 0 Å². The highest BCUT2D eigenvalue weighted by atomic mass is 32.1. The molecule has 3 N–H and O–H groups in total. The number of anilines is 1. The van der Waals surface area contributed by atoms with Crippen molar-refractivity contribution in [3.8, 4) is 10.6 Å². The zero-order valence-electron chi connectivity index (χ0n) is 15.6. The van der Waals surface area contributed by atoms with Crippen LogP contribution in [0.2, 0.25) is 0 Å². The van der Waals surface area contributed by atoms with Crippen molar-refractivity contribution in [1.82, 2.24) is 15.8 Å². The summed E-state index contributed by atoms with van der Waals surface area (Å²) in [5.41, 5.74) is 9.80. The molecule has 7 heteroatoms. The van der Waals surface area contributed by atoms with Crippen LogP contribution in [0, 0.1) is 6.92 Å². The van der Waals surface area contributed by atoms with Gasteiger partial charge in [-0.25, -0.2) is 4.98 Å². The summed E-state index contributed by atoms with van der Waals surface area (Å²) >= 11 is 6.85. The Morgan fingerprint density at radius 3 is 2.52 bits per heavy atom. The zero-order valence-corrected chi connectivity index (χ0v) is 17.2. The van der Waals surface area contributed by atoms with Gasteiger partial charge in [0.15, 0.2) is 5.11 Å². The molecule has 144 valence electrons. The molecule has 0 radical (unpaired) electrons. The van der Waals surface area contributed by atoms with Crippen molar-refractivity contribution in [2.24, 2.45) is 0 Å². The van der Waals surface area contributed by atoms with Gasteiger partial charge in [-0.3, -0.25) is 15.6 Å². The summed E-state index contributed by atoms with van der Waals surface area (Å²) < 4.78 is 1.14. The first-order chi connectivity index (χ1) is 14.1. The van der Waals surface area contributed by atoms with E-state index in [1.54, 1.807) is 23.5 Å². The number of benzene rings is 3. The van der Waals surface area contributed by atoms with E-state index in [4.69, 9.17) is 12.2 Å². The predicted molar refractivity (Wildman–Crippen MR) is 123 cm³/mol. The molecule has 0 fully saturated rings. The maximum absolute atomic E-state index is 12.4. The van der Waals surface area contributed by atoms with Gasteiger partial charge in [0.05, 0.1) is 10.2 Å². The third-order valence-corrected chi connectivity index (χ3v) is 5.54. The van der Waals surface area contributed by atoms with E-state index < -0.39 is 0 Å². The number of thiazole rings is 1. The molecule has 0 saturated heterocycles. The summed E-state index contributed by atoms with van der Waals surface area (Å²) in [5, 5.41) is 4.28. The van der Waals surface area contributed by atoms with E-state index in [1.807, 2.05) is 61.5 Å². The largest absolute Gasteiger partial charge is 0.331 e. The molecule has 0 aliphatic rings. The molecule has 29 heavy (non-hydrogen) atoms. The number of hydrogen-bond donors (Lipinski definition) is 3. The number of thiocarbonyl (C=S) groups is 1. The number of aryl methyl sites for hydroxylation is 1. The van der Waals surface area contributed by atoms with Crippen LogP contribution in [0.5, 0.6) is 0 Å². The highest BCUT2D eigenvalue weighted by Crippen LogP contribution is 2.29. The molecule has 0 unspecified atom stereocenters. The number of amides is 1. The standard InChI is InChI=1S/C22H18N4OS2/c1-14-5-4-6-17(13-14)23-22(28)26-25-20(27)15-9-11-16(12-10-15)21-24-18-7-2-3-8-19(18)29-21/h2-13H,1H3,(H,25,27)(H2,23,26,28). The molecule has 0 spiro atoms. The summed E-state index contributed by atoms with van der Waals surface area (Å²) in [7, 11) is 0. The molecule has 5 nitrogen and oxygen atoms in total. The first-order valence-electron chi connectivity index (χ1n) is 8.98. The zero-order chi connectivity index (χ0) is 20.2. The number of carbonyl (C=O) groups is 1.